The normalized spacial score (nSPS) is 12.5. The molecule has 0 fully saturated rings. The third-order valence-electron chi connectivity index (χ3n) is 3.76. The molecule has 2 nitrogen and oxygen atoms in total. The second kappa shape index (κ2) is 5.43. The lowest BCUT2D eigenvalue weighted by atomic mass is 9.99. The molecular weight excluding hydrogens is 244 g/mol. The average molecular weight is 262 g/mol. The molecule has 2 aromatic carbocycles. The number of nitrogens with one attached hydrogen (secondary N) is 1. The van der Waals surface area contributed by atoms with Crippen LogP contribution in [0.4, 0.5) is 0 Å². The Bertz CT molecular complexity index is 734. The minimum atomic E-state index is 0.355. The first-order chi connectivity index (χ1) is 9.78. The molecule has 3 aromatic rings. The highest BCUT2D eigenvalue weighted by atomic mass is 14.8. The molecule has 1 N–H and O–H groups in total. The second-order valence-electron chi connectivity index (χ2n) is 5.05. The van der Waals surface area contributed by atoms with Gasteiger partial charge in [0.1, 0.15) is 0 Å². The van der Waals surface area contributed by atoms with E-state index in [2.05, 4.69) is 65.8 Å². The zero-order valence-corrected chi connectivity index (χ0v) is 11.8. The molecule has 2 heteroatoms. The standard InChI is InChI=1S/C18H18N2/c1-13(19-2)15-5-3-6-16(11-15)17-9-8-14-7-4-10-20-18(14)12-17/h3-13,19H,1-2H3. The van der Waals surface area contributed by atoms with Crippen molar-refractivity contribution >= 4 is 10.9 Å². The summed E-state index contributed by atoms with van der Waals surface area (Å²) < 4.78 is 0. The van der Waals surface area contributed by atoms with Crippen LogP contribution >= 0.6 is 0 Å². The Labute approximate surface area is 119 Å². The third-order valence-corrected chi connectivity index (χ3v) is 3.76. The minimum Gasteiger partial charge on any atom is -0.313 e. The summed E-state index contributed by atoms with van der Waals surface area (Å²) in [5.74, 6) is 0. The van der Waals surface area contributed by atoms with Gasteiger partial charge in [-0.15, -0.1) is 0 Å². The van der Waals surface area contributed by atoms with E-state index in [1.54, 1.807) is 0 Å². The highest BCUT2D eigenvalue weighted by Gasteiger charge is 2.05. The van der Waals surface area contributed by atoms with E-state index in [0.717, 1.165) is 5.52 Å². The Balaban J connectivity index is 2.06. The molecule has 0 amide bonds. The molecule has 0 spiro atoms. The number of benzene rings is 2. The first-order valence-electron chi connectivity index (χ1n) is 6.90. The van der Waals surface area contributed by atoms with Crippen molar-refractivity contribution in [2.45, 2.75) is 13.0 Å². The molecule has 0 bridgehead atoms. The predicted molar refractivity (Wildman–Crippen MR) is 84.7 cm³/mol. The Hall–Kier alpha value is -2.19. The van der Waals surface area contributed by atoms with Gasteiger partial charge in [0, 0.05) is 17.6 Å². The van der Waals surface area contributed by atoms with E-state index in [4.69, 9.17) is 0 Å². The van der Waals surface area contributed by atoms with Crippen LogP contribution in [0.5, 0.6) is 0 Å². The average Bonchev–Trinajstić information content (AvgIpc) is 2.53. The first-order valence-corrected chi connectivity index (χ1v) is 6.90. The van der Waals surface area contributed by atoms with Crippen LogP contribution in [0, 0.1) is 0 Å². The lowest BCUT2D eigenvalue weighted by molar-refractivity contribution is 0.652. The number of hydrogen-bond donors (Lipinski definition) is 1. The number of rotatable bonds is 3. The van der Waals surface area contributed by atoms with Gasteiger partial charge in [-0.25, -0.2) is 0 Å². The van der Waals surface area contributed by atoms with E-state index in [1.165, 1.54) is 22.1 Å². The summed E-state index contributed by atoms with van der Waals surface area (Å²) in [7, 11) is 1.98. The lowest BCUT2D eigenvalue weighted by Gasteiger charge is -2.12. The van der Waals surface area contributed by atoms with Crippen molar-refractivity contribution in [1.82, 2.24) is 10.3 Å². The molecule has 1 aromatic heterocycles. The van der Waals surface area contributed by atoms with Gasteiger partial charge in [-0.05, 0) is 48.9 Å². The van der Waals surface area contributed by atoms with E-state index in [0.29, 0.717) is 6.04 Å². The molecule has 1 unspecified atom stereocenters. The summed E-state index contributed by atoms with van der Waals surface area (Å²) in [4.78, 5) is 4.43. The lowest BCUT2D eigenvalue weighted by Crippen LogP contribution is -2.12. The van der Waals surface area contributed by atoms with Crippen LogP contribution in [-0.4, -0.2) is 12.0 Å². The summed E-state index contributed by atoms with van der Waals surface area (Å²) >= 11 is 0. The van der Waals surface area contributed by atoms with Gasteiger partial charge in [-0.2, -0.15) is 0 Å². The van der Waals surface area contributed by atoms with Crippen LogP contribution in [0.2, 0.25) is 0 Å². The largest absolute Gasteiger partial charge is 0.313 e. The summed E-state index contributed by atoms with van der Waals surface area (Å²) in [6.07, 6.45) is 1.84. The van der Waals surface area contributed by atoms with Crippen molar-refractivity contribution in [3.05, 3.63) is 66.4 Å². The van der Waals surface area contributed by atoms with Crippen LogP contribution in [0.25, 0.3) is 22.0 Å². The number of pyridine rings is 1. The molecule has 20 heavy (non-hydrogen) atoms. The maximum atomic E-state index is 4.43. The van der Waals surface area contributed by atoms with E-state index < -0.39 is 0 Å². The molecule has 0 aliphatic rings. The molecule has 0 saturated carbocycles. The monoisotopic (exact) mass is 262 g/mol. The quantitative estimate of drug-likeness (QED) is 0.766. The Kier molecular flexibility index (Phi) is 3.48. The minimum absolute atomic E-state index is 0.355. The Morgan fingerprint density at radius 2 is 1.80 bits per heavy atom. The summed E-state index contributed by atoms with van der Waals surface area (Å²) in [6, 6.07) is 19.5. The fourth-order valence-electron chi connectivity index (χ4n) is 2.40. The van der Waals surface area contributed by atoms with E-state index in [1.807, 2.05) is 19.3 Å². The van der Waals surface area contributed by atoms with Crippen molar-refractivity contribution < 1.29 is 0 Å². The molecule has 3 rings (SSSR count). The summed E-state index contributed by atoms with van der Waals surface area (Å²) in [6.45, 7) is 2.17. The van der Waals surface area contributed by atoms with Crippen LogP contribution < -0.4 is 5.32 Å². The predicted octanol–water partition coefficient (Wildman–Crippen LogP) is 4.18. The fraction of sp³-hybridized carbons (Fsp3) is 0.167. The number of hydrogen-bond acceptors (Lipinski definition) is 2. The molecule has 1 heterocycles. The molecule has 0 radical (unpaired) electrons. The van der Waals surface area contributed by atoms with Crippen LogP contribution in [0.1, 0.15) is 18.5 Å². The smallest absolute Gasteiger partial charge is 0.0708 e. The van der Waals surface area contributed by atoms with Gasteiger partial charge >= 0.3 is 0 Å². The van der Waals surface area contributed by atoms with Crippen LogP contribution in [0.15, 0.2) is 60.8 Å². The first kappa shape index (κ1) is 12.8. The number of aromatic nitrogens is 1. The van der Waals surface area contributed by atoms with Gasteiger partial charge in [0.2, 0.25) is 0 Å². The second-order valence-corrected chi connectivity index (χ2v) is 5.05. The molecule has 1 atom stereocenters. The van der Waals surface area contributed by atoms with Crippen molar-refractivity contribution in [1.29, 1.82) is 0 Å². The van der Waals surface area contributed by atoms with Gasteiger partial charge in [0.05, 0.1) is 5.52 Å². The zero-order valence-electron chi connectivity index (χ0n) is 11.8. The van der Waals surface area contributed by atoms with Gasteiger partial charge in [0.25, 0.3) is 0 Å². The maximum absolute atomic E-state index is 4.43. The SMILES string of the molecule is CNC(C)c1cccc(-c2ccc3cccnc3c2)c1. The van der Waals surface area contributed by atoms with Crippen LogP contribution in [-0.2, 0) is 0 Å². The molecule has 0 aliphatic carbocycles. The summed E-state index contributed by atoms with van der Waals surface area (Å²) in [5, 5.41) is 4.45. The Morgan fingerprint density at radius 3 is 2.65 bits per heavy atom. The third kappa shape index (κ3) is 2.43. The van der Waals surface area contributed by atoms with E-state index >= 15 is 0 Å². The zero-order chi connectivity index (χ0) is 13.9. The van der Waals surface area contributed by atoms with Crippen molar-refractivity contribution in [3.63, 3.8) is 0 Å². The van der Waals surface area contributed by atoms with E-state index in [9.17, 15) is 0 Å². The molecule has 100 valence electrons. The Morgan fingerprint density at radius 1 is 0.950 bits per heavy atom. The molecule has 0 aliphatic heterocycles. The number of nitrogens with zero attached hydrogens (tertiary/aromatic N) is 1. The van der Waals surface area contributed by atoms with Crippen molar-refractivity contribution in [3.8, 4) is 11.1 Å². The fourth-order valence-corrected chi connectivity index (χ4v) is 2.40. The highest BCUT2D eigenvalue weighted by Crippen LogP contribution is 2.25. The molecule has 0 saturated heterocycles. The topological polar surface area (TPSA) is 24.9 Å². The van der Waals surface area contributed by atoms with Crippen LogP contribution in [0.3, 0.4) is 0 Å². The van der Waals surface area contributed by atoms with Gasteiger partial charge in [-0.3, -0.25) is 4.98 Å². The maximum Gasteiger partial charge on any atom is 0.0708 e. The van der Waals surface area contributed by atoms with Crippen molar-refractivity contribution in [2.24, 2.45) is 0 Å². The van der Waals surface area contributed by atoms with Gasteiger partial charge < -0.3 is 5.32 Å². The van der Waals surface area contributed by atoms with E-state index in [-0.39, 0.29) is 0 Å². The highest BCUT2D eigenvalue weighted by molar-refractivity contribution is 5.84. The van der Waals surface area contributed by atoms with Crippen molar-refractivity contribution in [2.75, 3.05) is 7.05 Å². The summed E-state index contributed by atoms with van der Waals surface area (Å²) in [5.41, 5.74) is 4.78. The molecular formula is C18H18N2. The van der Waals surface area contributed by atoms with Gasteiger partial charge in [0.15, 0.2) is 0 Å². The van der Waals surface area contributed by atoms with Gasteiger partial charge in [-0.1, -0.05) is 36.4 Å². The number of fused-ring (bicyclic) bond motifs is 1.